The summed E-state index contributed by atoms with van der Waals surface area (Å²) in [7, 11) is 5.35. The molecule has 3 aliphatic carbocycles. The van der Waals surface area contributed by atoms with Crippen molar-refractivity contribution in [3.05, 3.63) is 29.3 Å². The predicted octanol–water partition coefficient (Wildman–Crippen LogP) is 4.79. The van der Waals surface area contributed by atoms with Crippen LogP contribution in [-0.2, 0) is 15.9 Å². The standard InChI is InChI=1S/C22H32O3/c1-22-12-11-17-16-8-6-15(23-2)13-14(16)5-7-18(17)19(22)9-10-20(22)21(24-3)25-4/h6,8,13,17-21H,5,7,9-12H2,1-4H3/t17-,18-,19+,20?,22+/m1/s1. The topological polar surface area (TPSA) is 27.7 Å². The van der Waals surface area contributed by atoms with E-state index in [0.29, 0.717) is 11.3 Å². The Morgan fingerprint density at radius 3 is 2.56 bits per heavy atom. The molecule has 1 aromatic carbocycles. The monoisotopic (exact) mass is 344 g/mol. The first-order valence-corrected chi connectivity index (χ1v) is 9.84. The average molecular weight is 344 g/mol. The minimum absolute atomic E-state index is 0.0494. The highest BCUT2D eigenvalue weighted by Crippen LogP contribution is 2.63. The van der Waals surface area contributed by atoms with Crippen molar-refractivity contribution in [2.75, 3.05) is 21.3 Å². The molecule has 138 valence electrons. The molecule has 1 aromatic rings. The summed E-state index contributed by atoms with van der Waals surface area (Å²) in [6, 6.07) is 6.76. The fourth-order valence-electron chi connectivity index (χ4n) is 6.60. The van der Waals surface area contributed by atoms with Gasteiger partial charge in [-0.15, -0.1) is 0 Å². The first-order valence-electron chi connectivity index (χ1n) is 9.84. The van der Waals surface area contributed by atoms with Gasteiger partial charge in [-0.2, -0.15) is 0 Å². The van der Waals surface area contributed by atoms with Gasteiger partial charge < -0.3 is 14.2 Å². The smallest absolute Gasteiger partial charge is 0.160 e. The molecule has 5 atom stereocenters. The van der Waals surface area contributed by atoms with E-state index >= 15 is 0 Å². The summed E-state index contributed by atoms with van der Waals surface area (Å²) in [6.07, 6.45) is 7.63. The normalized spacial score (nSPS) is 36.7. The molecule has 2 saturated carbocycles. The number of rotatable bonds is 4. The molecule has 2 fully saturated rings. The highest BCUT2D eigenvalue weighted by molar-refractivity contribution is 5.40. The summed E-state index contributed by atoms with van der Waals surface area (Å²) in [6.45, 7) is 2.51. The molecular weight excluding hydrogens is 312 g/mol. The molecule has 0 aromatic heterocycles. The summed E-state index contributed by atoms with van der Waals surface area (Å²) in [4.78, 5) is 0. The molecule has 0 aliphatic heterocycles. The molecule has 3 nitrogen and oxygen atoms in total. The van der Waals surface area contributed by atoms with Gasteiger partial charge in [0.1, 0.15) is 5.75 Å². The van der Waals surface area contributed by atoms with Crippen LogP contribution in [0, 0.1) is 23.2 Å². The second-order valence-corrected chi connectivity index (χ2v) is 8.55. The summed E-state index contributed by atoms with van der Waals surface area (Å²) in [5, 5.41) is 0. The fourth-order valence-corrected chi connectivity index (χ4v) is 6.60. The Kier molecular flexibility index (Phi) is 4.57. The van der Waals surface area contributed by atoms with Crippen LogP contribution in [0.5, 0.6) is 5.75 Å². The maximum absolute atomic E-state index is 5.68. The maximum atomic E-state index is 5.68. The van der Waals surface area contributed by atoms with E-state index in [4.69, 9.17) is 14.2 Å². The molecule has 0 saturated heterocycles. The van der Waals surface area contributed by atoms with E-state index < -0.39 is 0 Å². The van der Waals surface area contributed by atoms with Gasteiger partial charge in [0.15, 0.2) is 6.29 Å². The van der Waals surface area contributed by atoms with Gasteiger partial charge in [0, 0.05) is 20.1 Å². The van der Waals surface area contributed by atoms with Gasteiger partial charge in [-0.05, 0) is 85.0 Å². The van der Waals surface area contributed by atoms with Crippen LogP contribution in [0.1, 0.15) is 56.1 Å². The van der Waals surface area contributed by atoms with E-state index in [1.54, 1.807) is 26.9 Å². The van der Waals surface area contributed by atoms with E-state index in [1.807, 2.05) is 0 Å². The largest absolute Gasteiger partial charge is 0.497 e. The van der Waals surface area contributed by atoms with Crippen molar-refractivity contribution in [1.82, 2.24) is 0 Å². The molecular formula is C22H32O3. The van der Waals surface area contributed by atoms with Gasteiger partial charge in [0.25, 0.3) is 0 Å². The Morgan fingerprint density at radius 1 is 1.04 bits per heavy atom. The number of methoxy groups -OCH3 is 3. The molecule has 3 heteroatoms. The SMILES string of the molecule is COc1ccc2c(c1)CC[C@@H]1[C@@H]2CC[C@]2(C)C(C(OC)OC)CC[C@@H]12. The first-order chi connectivity index (χ1) is 12.1. The van der Waals surface area contributed by atoms with E-state index in [2.05, 4.69) is 25.1 Å². The molecule has 4 rings (SSSR count). The van der Waals surface area contributed by atoms with Crippen molar-refractivity contribution in [1.29, 1.82) is 0 Å². The number of hydrogen-bond acceptors (Lipinski definition) is 3. The van der Waals surface area contributed by atoms with Crippen LogP contribution in [-0.4, -0.2) is 27.6 Å². The van der Waals surface area contributed by atoms with Gasteiger partial charge in [0.2, 0.25) is 0 Å². The predicted molar refractivity (Wildman–Crippen MR) is 98.9 cm³/mol. The number of ether oxygens (including phenoxy) is 3. The van der Waals surface area contributed by atoms with Crippen molar-refractivity contribution in [3.63, 3.8) is 0 Å². The minimum Gasteiger partial charge on any atom is -0.497 e. The molecule has 25 heavy (non-hydrogen) atoms. The highest BCUT2D eigenvalue weighted by Gasteiger charge is 2.56. The Bertz CT molecular complexity index is 624. The zero-order chi connectivity index (χ0) is 17.6. The van der Waals surface area contributed by atoms with Crippen LogP contribution in [0.25, 0.3) is 0 Å². The lowest BCUT2D eigenvalue weighted by Gasteiger charge is -2.51. The van der Waals surface area contributed by atoms with Crippen LogP contribution in [0.4, 0.5) is 0 Å². The third kappa shape index (κ3) is 2.62. The maximum Gasteiger partial charge on any atom is 0.160 e. The number of benzene rings is 1. The molecule has 0 spiro atoms. The second-order valence-electron chi connectivity index (χ2n) is 8.55. The van der Waals surface area contributed by atoms with Crippen molar-refractivity contribution in [2.45, 2.75) is 57.7 Å². The van der Waals surface area contributed by atoms with Gasteiger partial charge in [-0.25, -0.2) is 0 Å². The lowest BCUT2D eigenvalue weighted by atomic mass is 9.54. The van der Waals surface area contributed by atoms with Crippen LogP contribution < -0.4 is 4.74 Å². The molecule has 1 unspecified atom stereocenters. The minimum atomic E-state index is -0.0494. The molecule has 0 heterocycles. The van der Waals surface area contributed by atoms with Gasteiger partial charge in [-0.1, -0.05) is 13.0 Å². The second kappa shape index (κ2) is 6.59. The number of fused-ring (bicyclic) bond motifs is 5. The Morgan fingerprint density at radius 2 is 1.84 bits per heavy atom. The van der Waals surface area contributed by atoms with Crippen molar-refractivity contribution >= 4 is 0 Å². The van der Waals surface area contributed by atoms with Crippen molar-refractivity contribution < 1.29 is 14.2 Å². The van der Waals surface area contributed by atoms with E-state index in [1.165, 1.54) is 44.1 Å². The third-order valence-corrected chi connectivity index (χ3v) is 7.80. The zero-order valence-corrected chi connectivity index (χ0v) is 16.1. The summed E-state index contributed by atoms with van der Waals surface area (Å²) >= 11 is 0. The third-order valence-electron chi connectivity index (χ3n) is 7.80. The lowest BCUT2D eigenvalue weighted by molar-refractivity contribution is -0.169. The molecule has 0 bridgehead atoms. The number of aryl methyl sites for hydroxylation is 1. The Labute approximate surface area is 152 Å². The van der Waals surface area contributed by atoms with E-state index in [9.17, 15) is 0 Å². The highest BCUT2D eigenvalue weighted by atomic mass is 16.7. The van der Waals surface area contributed by atoms with Crippen LogP contribution in [0.2, 0.25) is 0 Å². The molecule has 0 radical (unpaired) electrons. The molecule has 0 N–H and O–H groups in total. The first kappa shape index (κ1) is 17.4. The quantitative estimate of drug-likeness (QED) is 0.735. The van der Waals surface area contributed by atoms with Gasteiger partial charge in [0.05, 0.1) is 7.11 Å². The van der Waals surface area contributed by atoms with E-state index in [0.717, 1.165) is 23.5 Å². The number of hydrogen-bond donors (Lipinski definition) is 0. The van der Waals surface area contributed by atoms with Gasteiger partial charge >= 0.3 is 0 Å². The Hall–Kier alpha value is -1.06. The van der Waals surface area contributed by atoms with Crippen LogP contribution in [0.15, 0.2) is 18.2 Å². The zero-order valence-electron chi connectivity index (χ0n) is 16.1. The Balaban J connectivity index is 1.62. The summed E-state index contributed by atoms with van der Waals surface area (Å²) in [5.41, 5.74) is 3.48. The molecule has 3 aliphatic rings. The average Bonchev–Trinajstić information content (AvgIpc) is 2.99. The van der Waals surface area contributed by atoms with Crippen molar-refractivity contribution in [3.8, 4) is 5.75 Å². The van der Waals surface area contributed by atoms with Crippen LogP contribution >= 0.6 is 0 Å². The lowest BCUT2D eigenvalue weighted by Crippen LogP contribution is -2.45. The van der Waals surface area contributed by atoms with Gasteiger partial charge in [-0.3, -0.25) is 0 Å². The summed E-state index contributed by atoms with van der Waals surface area (Å²) < 4.78 is 16.8. The van der Waals surface area contributed by atoms with Crippen LogP contribution in [0.3, 0.4) is 0 Å². The van der Waals surface area contributed by atoms with Crippen molar-refractivity contribution in [2.24, 2.45) is 23.2 Å². The fraction of sp³-hybridized carbons (Fsp3) is 0.727. The molecule has 0 amide bonds. The summed E-state index contributed by atoms with van der Waals surface area (Å²) in [5.74, 6) is 3.89. The van der Waals surface area contributed by atoms with E-state index in [-0.39, 0.29) is 6.29 Å².